The Morgan fingerprint density at radius 3 is 0.875 bits per heavy atom. The van der Waals surface area contributed by atoms with Crippen molar-refractivity contribution in [2.24, 2.45) is 0 Å². The molecule has 0 spiro atoms. The van der Waals surface area contributed by atoms with Gasteiger partial charge in [0.15, 0.2) is 0 Å². The molecule has 0 aromatic heterocycles. The van der Waals surface area contributed by atoms with Crippen LogP contribution in [0.2, 0.25) is 0 Å². The van der Waals surface area contributed by atoms with Crippen LogP contribution in [0.4, 0.5) is 0 Å². The lowest BCUT2D eigenvalue weighted by Gasteiger charge is -2.20. The van der Waals surface area contributed by atoms with Gasteiger partial charge in [-0.2, -0.15) is 0 Å². The van der Waals surface area contributed by atoms with Crippen molar-refractivity contribution in [3.63, 3.8) is 0 Å². The van der Waals surface area contributed by atoms with E-state index in [1.807, 2.05) is 42.5 Å². The summed E-state index contributed by atoms with van der Waals surface area (Å²) in [6, 6.07) is 103. The first-order valence-corrected chi connectivity index (χ1v) is 28.0. The van der Waals surface area contributed by atoms with Crippen LogP contribution in [0.15, 0.2) is 296 Å². The van der Waals surface area contributed by atoms with E-state index in [2.05, 4.69) is 265 Å². The molecule has 0 aliphatic rings. The molecule has 0 fully saturated rings. The molecule has 0 saturated carbocycles. The largest absolute Gasteiger partial charge is 0.489 e. The lowest BCUT2D eigenvalue weighted by molar-refractivity contribution is 0.426. The number of rotatable bonds is 4. The van der Waals surface area contributed by atoms with Crippen molar-refractivity contribution in [3.05, 3.63) is 296 Å². The van der Waals surface area contributed by atoms with E-state index in [0.29, 0.717) is 5.46 Å². The summed E-state index contributed by atoms with van der Waals surface area (Å²) >= 11 is 3.58. The van der Waals surface area contributed by atoms with Crippen LogP contribution in [0, 0.1) is 0 Å². The summed E-state index contributed by atoms with van der Waals surface area (Å²) in [6.07, 6.45) is 0. The molecule has 2 N–H and O–H groups in total. The minimum absolute atomic E-state index is 0.560. The van der Waals surface area contributed by atoms with E-state index in [9.17, 15) is 10.0 Å². The Labute approximate surface area is 472 Å². The van der Waals surface area contributed by atoms with E-state index in [1.165, 1.54) is 108 Å². The summed E-state index contributed by atoms with van der Waals surface area (Å²) < 4.78 is 1.16. The average molecular weight is 1090 g/mol. The molecule has 0 radical (unpaired) electrons. The molecule has 0 saturated heterocycles. The van der Waals surface area contributed by atoms with Gasteiger partial charge in [0.05, 0.1) is 0 Å². The molecule has 16 aromatic carbocycles. The van der Waals surface area contributed by atoms with Crippen LogP contribution in [0.3, 0.4) is 0 Å². The monoisotopic (exact) mass is 1080 g/mol. The van der Waals surface area contributed by atoms with E-state index in [4.69, 9.17) is 0 Å². The van der Waals surface area contributed by atoms with Gasteiger partial charge < -0.3 is 10.0 Å². The van der Waals surface area contributed by atoms with Crippen LogP contribution in [0.25, 0.3) is 141 Å². The summed E-state index contributed by atoms with van der Waals surface area (Å²) in [5.74, 6) is 0. The van der Waals surface area contributed by atoms with E-state index in [0.717, 1.165) is 37.1 Å². The van der Waals surface area contributed by atoms with Gasteiger partial charge in [-0.05, 0) is 153 Å². The summed E-state index contributed by atoms with van der Waals surface area (Å²) in [7, 11) is -1.53. The fraction of sp³-hybridized carbons (Fsp3) is 0. The molecule has 0 amide bonds. The first-order chi connectivity index (χ1) is 39.5. The quantitative estimate of drug-likeness (QED) is 0.105. The lowest BCUT2D eigenvalue weighted by atomic mass is 9.72. The van der Waals surface area contributed by atoms with Crippen molar-refractivity contribution in [2.45, 2.75) is 0 Å². The molecule has 80 heavy (non-hydrogen) atoms. The molecule has 0 atom stereocenters. The molecule has 16 rings (SSSR count). The summed E-state index contributed by atoms with van der Waals surface area (Å²) in [6.45, 7) is 0. The molecule has 2 nitrogen and oxygen atoms in total. The van der Waals surface area contributed by atoms with Gasteiger partial charge in [-0.3, -0.25) is 0 Å². The third-order valence-electron chi connectivity index (χ3n) is 16.1. The second-order valence-corrected chi connectivity index (χ2v) is 21.3. The van der Waals surface area contributed by atoms with E-state index >= 15 is 0 Å². The van der Waals surface area contributed by atoms with Crippen molar-refractivity contribution < 1.29 is 10.0 Å². The Bertz CT molecular complexity index is 4960. The maximum absolute atomic E-state index is 10.1. The normalized spacial score (nSPS) is 11.4. The number of hydrogen-bond donors (Lipinski definition) is 2. The van der Waals surface area contributed by atoms with Gasteiger partial charge in [0, 0.05) is 4.47 Å². The highest BCUT2D eigenvalue weighted by Gasteiger charge is 2.23. The molecule has 0 aliphatic carbocycles. The summed E-state index contributed by atoms with van der Waals surface area (Å²) in [5.41, 5.74) is 8.02. The SMILES string of the molecule is Brc1cccc2c1ccc1ccccc12.OB(O)c1c2ccccc2c(-c2cccc3ccccc23)c2ccccc12.c1ccc2c(-c3c4ccccc4c(-c4cccc5c4ccc4ccccc45)c4ccccc34)cccc2c1. The van der Waals surface area contributed by atoms with Gasteiger partial charge >= 0.3 is 7.12 Å². The van der Waals surface area contributed by atoms with Crippen molar-refractivity contribution in [2.75, 3.05) is 0 Å². The fourth-order valence-electron chi connectivity index (χ4n) is 12.6. The standard InChI is InChI=1S/C38H24.C24H17BO2.C14H9Br/c1-4-15-28-25(11-1)13-9-21-31(28)37-33-16-5-7-18-35(33)38(36-19-8-6-17-34(36)37)32-22-10-20-29-27-14-3-2-12-26(27)23-24-30(29)32;26-25(27)24-21-13-5-3-11-19(21)23(20-12-4-6-14-22(20)24)18-15-7-9-16-8-1-2-10-17(16)18;15-14-7-3-6-12-11-5-2-1-4-10(11)8-9-13(12)14/h1-24H;1-15,26-27H;1-9H. The zero-order chi connectivity index (χ0) is 53.7. The summed E-state index contributed by atoms with van der Waals surface area (Å²) in [5, 5.41) is 44.4. The van der Waals surface area contributed by atoms with Gasteiger partial charge in [0.1, 0.15) is 0 Å². The number of benzene rings is 16. The van der Waals surface area contributed by atoms with Crippen LogP contribution >= 0.6 is 15.9 Å². The third kappa shape index (κ3) is 8.45. The molecular formula is C76H50BBrO2. The Hall–Kier alpha value is -9.42. The third-order valence-corrected chi connectivity index (χ3v) is 16.8. The molecule has 0 aliphatic heterocycles. The molecule has 4 heteroatoms. The van der Waals surface area contributed by atoms with Gasteiger partial charge in [-0.1, -0.05) is 301 Å². The molecule has 0 heterocycles. The van der Waals surface area contributed by atoms with E-state index in [-0.39, 0.29) is 0 Å². The number of fused-ring (bicyclic) bond motifs is 12. The van der Waals surface area contributed by atoms with Crippen molar-refractivity contribution >= 4 is 136 Å². The molecule has 16 aromatic rings. The van der Waals surface area contributed by atoms with Crippen molar-refractivity contribution in [1.29, 1.82) is 0 Å². The molecular weight excluding hydrogens is 1040 g/mol. The van der Waals surface area contributed by atoms with Crippen molar-refractivity contribution in [1.82, 2.24) is 0 Å². The Kier molecular flexibility index (Phi) is 12.7. The van der Waals surface area contributed by atoms with Gasteiger partial charge in [0.2, 0.25) is 0 Å². The van der Waals surface area contributed by atoms with Gasteiger partial charge in [-0.15, -0.1) is 0 Å². The Morgan fingerprint density at radius 2 is 0.463 bits per heavy atom. The van der Waals surface area contributed by atoms with Crippen LogP contribution in [0.1, 0.15) is 0 Å². The predicted octanol–water partition coefficient (Wildman–Crippen LogP) is 20.0. The van der Waals surface area contributed by atoms with Gasteiger partial charge in [-0.25, -0.2) is 0 Å². The van der Waals surface area contributed by atoms with Crippen LogP contribution < -0.4 is 5.46 Å². The van der Waals surface area contributed by atoms with Crippen molar-refractivity contribution in [3.8, 4) is 33.4 Å². The topological polar surface area (TPSA) is 40.5 Å². The van der Waals surface area contributed by atoms with E-state index < -0.39 is 7.12 Å². The maximum atomic E-state index is 10.1. The van der Waals surface area contributed by atoms with E-state index in [1.54, 1.807) is 0 Å². The average Bonchev–Trinajstić information content (AvgIpc) is 3.70. The number of halogens is 1. The highest BCUT2D eigenvalue weighted by atomic mass is 79.9. The zero-order valence-electron chi connectivity index (χ0n) is 43.6. The Morgan fingerprint density at radius 1 is 0.200 bits per heavy atom. The number of hydrogen-bond acceptors (Lipinski definition) is 2. The van der Waals surface area contributed by atoms with Crippen LogP contribution in [-0.4, -0.2) is 17.2 Å². The second-order valence-electron chi connectivity index (χ2n) is 20.5. The predicted molar refractivity (Wildman–Crippen MR) is 348 cm³/mol. The lowest BCUT2D eigenvalue weighted by Crippen LogP contribution is -2.31. The maximum Gasteiger partial charge on any atom is 0.489 e. The summed E-state index contributed by atoms with van der Waals surface area (Å²) in [4.78, 5) is 0. The highest BCUT2D eigenvalue weighted by molar-refractivity contribution is 9.10. The Balaban J connectivity index is 0.000000119. The molecule has 376 valence electrons. The zero-order valence-corrected chi connectivity index (χ0v) is 45.1. The molecule has 0 unspecified atom stereocenters. The smallest absolute Gasteiger partial charge is 0.423 e. The molecule has 0 bridgehead atoms. The van der Waals surface area contributed by atoms with Crippen LogP contribution in [-0.2, 0) is 0 Å². The first-order valence-electron chi connectivity index (χ1n) is 27.2. The first kappa shape index (κ1) is 48.9. The minimum Gasteiger partial charge on any atom is -0.423 e. The minimum atomic E-state index is -1.53. The fourth-order valence-corrected chi connectivity index (χ4v) is 13.1. The van der Waals surface area contributed by atoms with Gasteiger partial charge in [0.25, 0.3) is 0 Å². The highest BCUT2D eigenvalue weighted by Crippen LogP contribution is 2.47. The van der Waals surface area contributed by atoms with Crippen LogP contribution in [0.5, 0.6) is 0 Å². The second kappa shape index (κ2) is 20.8.